The van der Waals surface area contributed by atoms with Gasteiger partial charge in [0.1, 0.15) is 5.60 Å². The number of carbonyl (C=O) groups is 1. The Morgan fingerprint density at radius 1 is 1.33 bits per heavy atom. The Balaban J connectivity index is 4.23. The van der Waals surface area contributed by atoms with Crippen LogP contribution < -0.4 is 5.73 Å². The van der Waals surface area contributed by atoms with E-state index in [1.807, 2.05) is 13.8 Å². The quantitative estimate of drug-likeness (QED) is 0.694. The normalized spacial score (nSPS) is 11.2. The van der Waals surface area contributed by atoms with Gasteiger partial charge in [-0.15, -0.1) is 0 Å². The average Bonchev–Trinajstić information content (AvgIpc) is 2.03. The molecule has 0 aromatic rings. The number of carbonyl (C=O) groups excluding carboxylic acids is 1. The molecule has 72 valence electrons. The summed E-state index contributed by atoms with van der Waals surface area (Å²) in [6.45, 7) is 6.11. The number of amides is 1. The predicted molar refractivity (Wildman–Crippen MR) is 48.9 cm³/mol. The molecule has 0 rings (SSSR count). The lowest BCUT2D eigenvalue weighted by Crippen LogP contribution is -2.35. The molecule has 0 bridgehead atoms. The second-order valence-electron chi connectivity index (χ2n) is 3.06. The lowest BCUT2D eigenvalue weighted by Gasteiger charge is -2.30. The molecule has 3 heteroatoms. The predicted octanol–water partition coefficient (Wildman–Crippen LogP) is 2.44. The summed E-state index contributed by atoms with van der Waals surface area (Å²) < 4.78 is 5.12. The Morgan fingerprint density at radius 3 is 2.08 bits per heavy atom. The van der Waals surface area contributed by atoms with Gasteiger partial charge in [-0.2, -0.15) is 0 Å². The monoisotopic (exact) mass is 173 g/mol. The van der Waals surface area contributed by atoms with Crippen molar-refractivity contribution >= 4 is 6.09 Å². The fourth-order valence-electron chi connectivity index (χ4n) is 1.47. The Labute approximate surface area is 74.3 Å². The van der Waals surface area contributed by atoms with E-state index in [9.17, 15) is 4.79 Å². The molecule has 0 atom stereocenters. The number of hydrogen-bond donors (Lipinski definition) is 1. The first-order valence-electron chi connectivity index (χ1n) is 4.58. The van der Waals surface area contributed by atoms with Gasteiger partial charge < -0.3 is 10.5 Å². The van der Waals surface area contributed by atoms with Crippen LogP contribution in [0.3, 0.4) is 0 Å². The maximum atomic E-state index is 10.6. The van der Waals surface area contributed by atoms with E-state index in [0.29, 0.717) is 0 Å². The molecule has 0 unspecified atom stereocenters. The molecule has 0 radical (unpaired) electrons. The van der Waals surface area contributed by atoms with Crippen molar-refractivity contribution in [2.75, 3.05) is 0 Å². The van der Waals surface area contributed by atoms with Gasteiger partial charge in [-0.05, 0) is 19.3 Å². The molecule has 0 fully saturated rings. The summed E-state index contributed by atoms with van der Waals surface area (Å²) in [5, 5.41) is 0. The third kappa shape index (κ3) is 3.11. The van der Waals surface area contributed by atoms with Crippen LogP contribution in [0.4, 0.5) is 4.79 Å². The molecule has 0 saturated heterocycles. The van der Waals surface area contributed by atoms with Crippen LogP contribution >= 0.6 is 0 Å². The highest BCUT2D eigenvalue weighted by molar-refractivity contribution is 5.65. The summed E-state index contributed by atoms with van der Waals surface area (Å²) in [4.78, 5) is 10.6. The van der Waals surface area contributed by atoms with E-state index in [1.54, 1.807) is 0 Å². The Morgan fingerprint density at radius 2 is 1.83 bits per heavy atom. The van der Waals surface area contributed by atoms with E-state index >= 15 is 0 Å². The Bertz CT molecular complexity index is 141. The van der Waals surface area contributed by atoms with Gasteiger partial charge in [-0.25, -0.2) is 4.79 Å². The summed E-state index contributed by atoms with van der Waals surface area (Å²) in [6, 6.07) is 0. The number of primary amides is 1. The fourth-order valence-corrected chi connectivity index (χ4v) is 1.47. The van der Waals surface area contributed by atoms with Crippen molar-refractivity contribution in [3.8, 4) is 0 Å². The van der Waals surface area contributed by atoms with Gasteiger partial charge in [0.05, 0.1) is 0 Å². The topological polar surface area (TPSA) is 52.3 Å². The van der Waals surface area contributed by atoms with Crippen molar-refractivity contribution in [2.24, 2.45) is 5.73 Å². The molecule has 12 heavy (non-hydrogen) atoms. The molecule has 2 N–H and O–H groups in total. The highest BCUT2D eigenvalue weighted by Crippen LogP contribution is 2.25. The van der Waals surface area contributed by atoms with Crippen molar-refractivity contribution < 1.29 is 9.53 Å². The van der Waals surface area contributed by atoms with E-state index in [4.69, 9.17) is 10.5 Å². The summed E-state index contributed by atoms with van der Waals surface area (Å²) >= 11 is 0. The number of rotatable bonds is 5. The summed E-state index contributed by atoms with van der Waals surface area (Å²) in [5.74, 6) is 0. The third-order valence-corrected chi connectivity index (χ3v) is 2.31. The molecule has 0 saturated carbocycles. The highest BCUT2D eigenvalue weighted by Gasteiger charge is 2.28. The van der Waals surface area contributed by atoms with Crippen LogP contribution in [0.2, 0.25) is 0 Å². The lowest BCUT2D eigenvalue weighted by atomic mass is 9.92. The molecule has 0 spiro atoms. The number of hydrogen-bond acceptors (Lipinski definition) is 2. The zero-order valence-corrected chi connectivity index (χ0v) is 8.22. The average molecular weight is 173 g/mol. The van der Waals surface area contributed by atoms with Crippen LogP contribution in [0.5, 0.6) is 0 Å². The van der Waals surface area contributed by atoms with Crippen LogP contribution in [0.25, 0.3) is 0 Å². The molecule has 0 aliphatic heterocycles. The maximum Gasteiger partial charge on any atom is 0.405 e. The van der Waals surface area contributed by atoms with E-state index in [0.717, 1.165) is 25.7 Å². The molecule has 0 heterocycles. The Kier molecular flexibility index (Phi) is 4.71. The van der Waals surface area contributed by atoms with E-state index < -0.39 is 6.09 Å². The second kappa shape index (κ2) is 5.01. The largest absolute Gasteiger partial charge is 0.443 e. The molecule has 0 aliphatic carbocycles. The molecule has 0 aromatic heterocycles. The molecular formula is C9H19NO2. The minimum atomic E-state index is -0.660. The minimum absolute atomic E-state index is 0.319. The number of nitrogens with two attached hydrogens (primary N) is 1. The minimum Gasteiger partial charge on any atom is -0.443 e. The highest BCUT2D eigenvalue weighted by atomic mass is 16.6. The SMILES string of the molecule is CCCC(CC)(CC)OC(N)=O. The summed E-state index contributed by atoms with van der Waals surface area (Å²) in [7, 11) is 0. The standard InChI is InChI=1S/C9H19NO2/c1-4-7-9(5-2,6-3)12-8(10)11/h4-7H2,1-3H3,(H2,10,11). The third-order valence-electron chi connectivity index (χ3n) is 2.31. The number of ether oxygens (including phenoxy) is 1. The smallest absolute Gasteiger partial charge is 0.405 e. The van der Waals surface area contributed by atoms with Gasteiger partial charge in [0.15, 0.2) is 0 Å². The first-order chi connectivity index (χ1) is 5.60. The molecule has 0 aromatic carbocycles. The van der Waals surface area contributed by atoms with Gasteiger partial charge in [-0.1, -0.05) is 27.2 Å². The second-order valence-corrected chi connectivity index (χ2v) is 3.06. The van der Waals surface area contributed by atoms with Gasteiger partial charge in [-0.3, -0.25) is 0 Å². The maximum absolute atomic E-state index is 10.6. The van der Waals surface area contributed by atoms with E-state index in [2.05, 4.69) is 6.92 Å². The zero-order valence-electron chi connectivity index (χ0n) is 8.22. The Hall–Kier alpha value is -0.730. The van der Waals surface area contributed by atoms with Crippen LogP contribution in [-0.2, 0) is 4.74 Å². The van der Waals surface area contributed by atoms with Crippen LogP contribution in [0.1, 0.15) is 46.5 Å². The van der Waals surface area contributed by atoms with Gasteiger partial charge >= 0.3 is 6.09 Å². The van der Waals surface area contributed by atoms with Crippen LogP contribution in [0, 0.1) is 0 Å². The van der Waals surface area contributed by atoms with Crippen molar-refractivity contribution in [3.05, 3.63) is 0 Å². The van der Waals surface area contributed by atoms with Gasteiger partial charge in [0.25, 0.3) is 0 Å². The molecule has 1 amide bonds. The van der Waals surface area contributed by atoms with Crippen molar-refractivity contribution in [1.82, 2.24) is 0 Å². The zero-order chi connectivity index (χ0) is 9.61. The van der Waals surface area contributed by atoms with E-state index in [1.165, 1.54) is 0 Å². The lowest BCUT2D eigenvalue weighted by molar-refractivity contribution is 0.00278. The first-order valence-corrected chi connectivity index (χ1v) is 4.58. The van der Waals surface area contributed by atoms with Gasteiger partial charge in [0, 0.05) is 0 Å². The molecular weight excluding hydrogens is 154 g/mol. The molecule has 3 nitrogen and oxygen atoms in total. The van der Waals surface area contributed by atoms with Gasteiger partial charge in [0.2, 0.25) is 0 Å². The first kappa shape index (κ1) is 11.3. The summed E-state index contributed by atoms with van der Waals surface area (Å²) in [6.07, 6.45) is 2.91. The van der Waals surface area contributed by atoms with Crippen LogP contribution in [0.15, 0.2) is 0 Å². The van der Waals surface area contributed by atoms with Crippen molar-refractivity contribution in [2.45, 2.75) is 52.1 Å². The van der Waals surface area contributed by atoms with E-state index in [-0.39, 0.29) is 5.60 Å². The summed E-state index contributed by atoms with van der Waals surface area (Å²) in [5.41, 5.74) is 4.68. The molecule has 0 aliphatic rings. The van der Waals surface area contributed by atoms with Crippen LogP contribution in [-0.4, -0.2) is 11.7 Å². The van der Waals surface area contributed by atoms with Crippen molar-refractivity contribution in [3.63, 3.8) is 0 Å². The fraction of sp³-hybridized carbons (Fsp3) is 0.889. The van der Waals surface area contributed by atoms with Crippen molar-refractivity contribution in [1.29, 1.82) is 0 Å².